The lowest BCUT2D eigenvalue weighted by Crippen LogP contribution is -2.38. The van der Waals surface area contributed by atoms with Crippen LogP contribution in [0.15, 0.2) is 30.3 Å². The zero-order valence-electron chi connectivity index (χ0n) is 16.3. The molecule has 0 heterocycles. The van der Waals surface area contributed by atoms with Crippen LogP contribution in [0, 0.1) is 11.6 Å². The molecule has 28 heavy (non-hydrogen) atoms. The number of nitrogens with one attached hydrogen (secondary N) is 2. The third kappa shape index (κ3) is 5.03. The topological polar surface area (TPSA) is 68.8 Å². The van der Waals surface area contributed by atoms with Crippen LogP contribution in [0.4, 0.5) is 13.6 Å². The van der Waals surface area contributed by atoms with Crippen molar-refractivity contribution in [3.8, 4) is 17.2 Å². The maximum absolute atomic E-state index is 13.3. The lowest BCUT2D eigenvalue weighted by atomic mass is 10.1. The van der Waals surface area contributed by atoms with E-state index in [2.05, 4.69) is 10.6 Å². The highest BCUT2D eigenvalue weighted by atomic mass is 19.2. The summed E-state index contributed by atoms with van der Waals surface area (Å²) >= 11 is 0. The SMILES string of the molecule is COc1ccc(CCNC(=O)NC(C)c2ccc(F)c(F)c2)c(OC)c1OC. The van der Waals surface area contributed by atoms with Gasteiger partial charge >= 0.3 is 6.03 Å². The minimum Gasteiger partial charge on any atom is -0.493 e. The predicted octanol–water partition coefficient (Wildman–Crippen LogP) is 3.59. The average molecular weight is 394 g/mol. The molecule has 0 saturated heterocycles. The number of carbonyl (C=O) groups excluding carboxylic acids is 1. The minimum atomic E-state index is -0.952. The van der Waals surface area contributed by atoms with E-state index >= 15 is 0 Å². The van der Waals surface area contributed by atoms with Crippen LogP contribution in [-0.2, 0) is 6.42 Å². The van der Waals surface area contributed by atoms with Gasteiger partial charge in [-0.1, -0.05) is 12.1 Å². The molecule has 2 rings (SSSR count). The molecule has 0 aliphatic rings. The maximum atomic E-state index is 13.3. The van der Waals surface area contributed by atoms with Gasteiger partial charge in [-0.15, -0.1) is 0 Å². The van der Waals surface area contributed by atoms with Crippen LogP contribution in [0.3, 0.4) is 0 Å². The maximum Gasteiger partial charge on any atom is 0.315 e. The van der Waals surface area contributed by atoms with Gasteiger partial charge in [-0.3, -0.25) is 0 Å². The summed E-state index contributed by atoms with van der Waals surface area (Å²) in [6.45, 7) is 2.02. The standard InChI is InChI=1S/C20H24F2N2O4/c1-12(14-5-7-15(21)16(22)11-14)24-20(25)23-10-9-13-6-8-17(26-2)19(28-4)18(13)27-3/h5-8,11-12H,9-10H2,1-4H3,(H2,23,24,25). The Bertz CT molecular complexity index is 830. The molecule has 0 spiro atoms. The number of hydrogen-bond donors (Lipinski definition) is 2. The Morgan fingerprint density at radius 1 is 1.00 bits per heavy atom. The predicted molar refractivity (Wildman–Crippen MR) is 101 cm³/mol. The van der Waals surface area contributed by atoms with Crippen LogP contribution < -0.4 is 24.8 Å². The molecular weight excluding hydrogens is 370 g/mol. The first-order valence-corrected chi connectivity index (χ1v) is 8.68. The van der Waals surface area contributed by atoms with Gasteiger partial charge in [0.2, 0.25) is 5.75 Å². The molecule has 0 aliphatic carbocycles. The van der Waals surface area contributed by atoms with E-state index < -0.39 is 23.7 Å². The van der Waals surface area contributed by atoms with Crippen molar-refractivity contribution in [1.29, 1.82) is 0 Å². The molecule has 0 radical (unpaired) electrons. The van der Waals surface area contributed by atoms with E-state index in [1.54, 1.807) is 13.0 Å². The van der Waals surface area contributed by atoms with E-state index in [-0.39, 0.29) is 0 Å². The molecule has 1 unspecified atom stereocenters. The number of methoxy groups -OCH3 is 3. The fraction of sp³-hybridized carbons (Fsp3) is 0.350. The summed E-state index contributed by atoms with van der Waals surface area (Å²) in [6, 6.07) is 6.23. The highest BCUT2D eigenvalue weighted by Gasteiger charge is 2.16. The van der Waals surface area contributed by atoms with Gasteiger partial charge in [0, 0.05) is 12.1 Å². The first kappa shape index (κ1) is 21.3. The number of hydrogen-bond acceptors (Lipinski definition) is 4. The molecule has 2 N–H and O–H groups in total. The molecular formula is C20H24F2N2O4. The quantitative estimate of drug-likeness (QED) is 0.718. The second-order valence-corrected chi connectivity index (χ2v) is 6.04. The molecule has 152 valence electrons. The smallest absolute Gasteiger partial charge is 0.315 e. The van der Waals surface area contributed by atoms with Crippen LogP contribution in [0.2, 0.25) is 0 Å². The molecule has 2 amide bonds. The molecule has 2 aromatic carbocycles. The van der Waals surface area contributed by atoms with Crippen molar-refractivity contribution >= 4 is 6.03 Å². The number of carbonyl (C=O) groups is 1. The molecule has 0 fully saturated rings. The Labute approximate surface area is 162 Å². The minimum absolute atomic E-state index is 0.335. The van der Waals surface area contributed by atoms with Crippen molar-refractivity contribution in [2.75, 3.05) is 27.9 Å². The number of benzene rings is 2. The third-order valence-corrected chi connectivity index (χ3v) is 4.26. The summed E-state index contributed by atoms with van der Waals surface area (Å²) in [5.74, 6) is -0.302. The Kier molecular flexibility index (Phi) is 7.43. The van der Waals surface area contributed by atoms with E-state index in [1.807, 2.05) is 6.07 Å². The zero-order chi connectivity index (χ0) is 20.7. The monoisotopic (exact) mass is 394 g/mol. The number of rotatable bonds is 8. The number of urea groups is 1. The summed E-state index contributed by atoms with van der Waals surface area (Å²) in [5, 5.41) is 5.41. The fourth-order valence-electron chi connectivity index (χ4n) is 2.78. The lowest BCUT2D eigenvalue weighted by Gasteiger charge is -2.17. The zero-order valence-corrected chi connectivity index (χ0v) is 16.3. The summed E-state index contributed by atoms with van der Waals surface area (Å²) in [6.07, 6.45) is 0.497. The Morgan fingerprint density at radius 2 is 1.71 bits per heavy atom. The number of ether oxygens (including phenoxy) is 3. The van der Waals surface area contributed by atoms with Crippen molar-refractivity contribution in [2.45, 2.75) is 19.4 Å². The van der Waals surface area contributed by atoms with E-state index in [4.69, 9.17) is 14.2 Å². The van der Waals surface area contributed by atoms with Gasteiger partial charge in [0.1, 0.15) is 0 Å². The van der Waals surface area contributed by atoms with Crippen molar-refractivity contribution in [3.63, 3.8) is 0 Å². The van der Waals surface area contributed by atoms with Crippen molar-refractivity contribution in [2.24, 2.45) is 0 Å². The molecule has 0 bridgehead atoms. The van der Waals surface area contributed by atoms with Gasteiger partial charge in [0.25, 0.3) is 0 Å². The summed E-state index contributed by atoms with van der Waals surface area (Å²) < 4.78 is 42.3. The molecule has 1 atom stereocenters. The fourth-order valence-corrected chi connectivity index (χ4v) is 2.78. The van der Waals surface area contributed by atoms with Gasteiger partial charge in [-0.2, -0.15) is 0 Å². The van der Waals surface area contributed by atoms with Gasteiger partial charge in [-0.05, 0) is 37.1 Å². The van der Waals surface area contributed by atoms with Crippen LogP contribution in [0.1, 0.15) is 24.1 Å². The van der Waals surface area contributed by atoms with Crippen molar-refractivity contribution in [3.05, 3.63) is 53.1 Å². The second kappa shape index (κ2) is 9.77. The summed E-state index contributed by atoms with van der Waals surface area (Å²) in [7, 11) is 4.59. The second-order valence-electron chi connectivity index (χ2n) is 6.04. The molecule has 8 heteroatoms. The van der Waals surface area contributed by atoms with Crippen molar-refractivity contribution in [1.82, 2.24) is 10.6 Å². The largest absolute Gasteiger partial charge is 0.493 e. The Balaban J connectivity index is 1.94. The van der Waals surface area contributed by atoms with Gasteiger partial charge in [-0.25, -0.2) is 13.6 Å². The first-order valence-electron chi connectivity index (χ1n) is 8.68. The number of amides is 2. The van der Waals surface area contributed by atoms with E-state index in [0.717, 1.165) is 17.7 Å². The average Bonchev–Trinajstić information content (AvgIpc) is 2.69. The lowest BCUT2D eigenvalue weighted by molar-refractivity contribution is 0.238. The van der Waals surface area contributed by atoms with E-state index in [9.17, 15) is 13.6 Å². The van der Waals surface area contributed by atoms with Crippen LogP contribution in [-0.4, -0.2) is 33.9 Å². The highest BCUT2D eigenvalue weighted by molar-refractivity contribution is 5.74. The summed E-state index contributed by atoms with van der Waals surface area (Å²) in [4.78, 5) is 12.1. The normalized spacial score (nSPS) is 11.5. The molecule has 2 aromatic rings. The third-order valence-electron chi connectivity index (χ3n) is 4.26. The highest BCUT2D eigenvalue weighted by Crippen LogP contribution is 2.39. The van der Waals surface area contributed by atoms with Gasteiger partial charge in [0.15, 0.2) is 23.1 Å². The van der Waals surface area contributed by atoms with E-state index in [1.165, 1.54) is 27.4 Å². The summed E-state index contributed by atoms with van der Waals surface area (Å²) in [5.41, 5.74) is 1.31. The Hall–Kier alpha value is -3.03. The van der Waals surface area contributed by atoms with Crippen LogP contribution >= 0.6 is 0 Å². The van der Waals surface area contributed by atoms with Crippen LogP contribution in [0.25, 0.3) is 0 Å². The molecule has 0 aromatic heterocycles. The van der Waals surface area contributed by atoms with E-state index in [0.29, 0.717) is 35.8 Å². The Morgan fingerprint density at radius 3 is 2.32 bits per heavy atom. The molecule has 0 saturated carbocycles. The van der Waals surface area contributed by atoms with Gasteiger partial charge in [0.05, 0.1) is 27.4 Å². The van der Waals surface area contributed by atoms with Gasteiger partial charge < -0.3 is 24.8 Å². The molecule has 6 nitrogen and oxygen atoms in total. The number of halogens is 2. The first-order chi connectivity index (χ1) is 13.4. The van der Waals surface area contributed by atoms with Crippen molar-refractivity contribution < 1.29 is 27.8 Å². The molecule has 0 aliphatic heterocycles. The van der Waals surface area contributed by atoms with Crippen LogP contribution in [0.5, 0.6) is 17.2 Å².